The number of rotatable bonds is 4. The molecular weight excluding hydrogens is 472 g/mol. The van der Waals surface area contributed by atoms with Crippen LogP contribution >= 0.6 is 0 Å². The maximum atomic E-state index is 13.5. The van der Waals surface area contributed by atoms with Gasteiger partial charge in [0.05, 0.1) is 29.3 Å². The SMILES string of the molecule is Nc1cc(-c2ccco2)ccc1C(=O)N[C@H]1CCN2C(=O)c3cc(-c4ccco4)ccc3NC(=O)[C@@H]2C1. The molecule has 9 nitrogen and oxygen atoms in total. The van der Waals surface area contributed by atoms with Gasteiger partial charge >= 0.3 is 0 Å². The molecule has 9 heteroatoms. The summed E-state index contributed by atoms with van der Waals surface area (Å²) in [6.07, 6.45) is 3.95. The first kappa shape index (κ1) is 22.7. The molecule has 2 aromatic heterocycles. The topological polar surface area (TPSA) is 131 Å². The van der Waals surface area contributed by atoms with Crippen molar-refractivity contribution in [2.24, 2.45) is 0 Å². The van der Waals surface area contributed by atoms with E-state index in [4.69, 9.17) is 14.6 Å². The summed E-state index contributed by atoms with van der Waals surface area (Å²) in [6.45, 7) is 0.333. The van der Waals surface area contributed by atoms with Crippen LogP contribution < -0.4 is 16.4 Å². The molecule has 0 bridgehead atoms. The monoisotopic (exact) mass is 496 g/mol. The molecule has 2 atom stereocenters. The lowest BCUT2D eigenvalue weighted by Gasteiger charge is -2.37. The Labute approximate surface area is 212 Å². The van der Waals surface area contributed by atoms with Crippen LogP contribution in [0.5, 0.6) is 0 Å². The molecule has 0 spiro atoms. The fourth-order valence-electron chi connectivity index (χ4n) is 5.01. The summed E-state index contributed by atoms with van der Waals surface area (Å²) >= 11 is 0. The summed E-state index contributed by atoms with van der Waals surface area (Å²) in [4.78, 5) is 41.2. The normalized spacial score (nSPS) is 19.0. The van der Waals surface area contributed by atoms with Crippen LogP contribution in [0.2, 0.25) is 0 Å². The van der Waals surface area contributed by atoms with Crippen molar-refractivity contribution in [2.45, 2.75) is 24.9 Å². The number of nitrogens with zero attached hydrogens (tertiary/aromatic N) is 1. The van der Waals surface area contributed by atoms with E-state index in [9.17, 15) is 14.4 Å². The number of furan rings is 2. The van der Waals surface area contributed by atoms with Crippen molar-refractivity contribution in [3.8, 4) is 22.6 Å². The van der Waals surface area contributed by atoms with Gasteiger partial charge in [0.25, 0.3) is 11.8 Å². The number of nitrogen functional groups attached to an aromatic ring is 1. The highest BCUT2D eigenvalue weighted by molar-refractivity contribution is 6.10. The van der Waals surface area contributed by atoms with Crippen molar-refractivity contribution in [1.29, 1.82) is 0 Å². The van der Waals surface area contributed by atoms with Crippen molar-refractivity contribution >= 4 is 29.1 Å². The molecule has 0 unspecified atom stereocenters. The Bertz CT molecular complexity index is 1490. The Hall–Kier alpha value is -4.79. The molecule has 0 saturated carbocycles. The van der Waals surface area contributed by atoms with E-state index in [0.717, 1.165) is 11.1 Å². The van der Waals surface area contributed by atoms with Crippen LogP contribution in [0, 0.1) is 0 Å². The minimum atomic E-state index is -0.704. The molecule has 37 heavy (non-hydrogen) atoms. The average Bonchev–Trinajstić information content (AvgIpc) is 3.62. The molecule has 1 fully saturated rings. The molecule has 6 rings (SSSR count). The van der Waals surface area contributed by atoms with E-state index in [0.29, 0.717) is 53.4 Å². The molecule has 0 radical (unpaired) electrons. The third-order valence-corrected chi connectivity index (χ3v) is 6.92. The third kappa shape index (κ3) is 4.14. The lowest BCUT2D eigenvalue weighted by atomic mass is 9.95. The molecule has 186 valence electrons. The Morgan fingerprint density at radius 1 is 0.973 bits per heavy atom. The molecule has 3 amide bonds. The van der Waals surface area contributed by atoms with Gasteiger partial charge in [0.15, 0.2) is 0 Å². The summed E-state index contributed by atoms with van der Waals surface area (Å²) in [5.41, 5.74) is 9.25. The number of carbonyl (C=O) groups is 3. The molecular formula is C28H24N4O5. The van der Waals surface area contributed by atoms with Crippen molar-refractivity contribution in [3.63, 3.8) is 0 Å². The quantitative estimate of drug-likeness (QED) is 0.364. The van der Waals surface area contributed by atoms with E-state index in [2.05, 4.69) is 10.6 Å². The Morgan fingerprint density at radius 2 is 1.68 bits per heavy atom. The van der Waals surface area contributed by atoms with Crippen LogP contribution in [0.15, 0.2) is 82.0 Å². The molecule has 4 N–H and O–H groups in total. The first-order chi connectivity index (χ1) is 18.0. The maximum absolute atomic E-state index is 13.5. The second kappa shape index (κ2) is 9.02. The van der Waals surface area contributed by atoms with E-state index < -0.39 is 6.04 Å². The summed E-state index contributed by atoms with van der Waals surface area (Å²) in [7, 11) is 0. The van der Waals surface area contributed by atoms with Gasteiger partial charge in [0.2, 0.25) is 5.91 Å². The van der Waals surface area contributed by atoms with Crippen LogP contribution in [0.25, 0.3) is 22.6 Å². The van der Waals surface area contributed by atoms with Crippen molar-refractivity contribution in [3.05, 3.63) is 84.3 Å². The van der Waals surface area contributed by atoms with Gasteiger partial charge in [-0.15, -0.1) is 0 Å². The predicted molar refractivity (Wildman–Crippen MR) is 137 cm³/mol. The number of carbonyl (C=O) groups excluding carboxylic acids is 3. The number of piperidine rings is 1. The van der Waals surface area contributed by atoms with E-state index in [-0.39, 0.29) is 23.8 Å². The van der Waals surface area contributed by atoms with Crippen LogP contribution in [-0.4, -0.2) is 41.2 Å². The van der Waals surface area contributed by atoms with Crippen LogP contribution in [0.4, 0.5) is 11.4 Å². The van der Waals surface area contributed by atoms with Crippen molar-refractivity contribution in [2.75, 3.05) is 17.6 Å². The lowest BCUT2D eigenvalue weighted by molar-refractivity contribution is -0.121. The van der Waals surface area contributed by atoms with E-state index >= 15 is 0 Å². The van der Waals surface area contributed by atoms with Crippen LogP contribution in [0.3, 0.4) is 0 Å². The van der Waals surface area contributed by atoms with E-state index in [1.165, 1.54) is 0 Å². The standard InChI is InChI=1S/C28H24N4O5/c29-21-14-17(25-4-2-12-37-25)5-7-19(21)26(33)30-18-9-10-32-23(15-18)27(34)31-22-8-6-16(13-20(22)28(32)35)24-3-1-11-36-24/h1-8,11-14,18,23H,9-10,15,29H2,(H,30,33)(H,31,34)/t18-,23-/m0/s1. The highest BCUT2D eigenvalue weighted by atomic mass is 16.3. The zero-order valence-electron chi connectivity index (χ0n) is 19.8. The van der Waals surface area contributed by atoms with Gasteiger partial charge in [-0.05, 0) is 67.4 Å². The predicted octanol–water partition coefficient (Wildman–Crippen LogP) is 4.14. The highest BCUT2D eigenvalue weighted by Gasteiger charge is 2.40. The fourth-order valence-corrected chi connectivity index (χ4v) is 5.01. The summed E-state index contributed by atoms with van der Waals surface area (Å²) < 4.78 is 10.9. The van der Waals surface area contributed by atoms with Crippen LogP contribution in [0.1, 0.15) is 33.6 Å². The second-order valence-corrected chi connectivity index (χ2v) is 9.22. The minimum Gasteiger partial charge on any atom is -0.464 e. The number of fused-ring (bicyclic) bond motifs is 2. The van der Waals surface area contributed by atoms with E-state index in [1.54, 1.807) is 66.0 Å². The first-order valence-electron chi connectivity index (χ1n) is 12.0. The molecule has 4 heterocycles. The summed E-state index contributed by atoms with van der Waals surface area (Å²) in [6, 6.07) is 16.6. The average molecular weight is 497 g/mol. The van der Waals surface area contributed by atoms with Gasteiger partial charge in [-0.2, -0.15) is 0 Å². The third-order valence-electron chi connectivity index (χ3n) is 6.92. The number of hydrogen-bond acceptors (Lipinski definition) is 6. The van der Waals surface area contributed by atoms with Gasteiger partial charge in [-0.3, -0.25) is 14.4 Å². The number of amides is 3. The summed E-state index contributed by atoms with van der Waals surface area (Å²) in [5.74, 6) is 0.468. The highest BCUT2D eigenvalue weighted by Crippen LogP contribution is 2.32. The largest absolute Gasteiger partial charge is 0.464 e. The number of nitrogens with one attached hydrogen (secondary N) is 2. The second-order valence-electron chi connectivity index (χ2n) is 9.22. The van der Waals surface area contributed by atoms with Crippen molar-refractivity contribution in [1.82, 2.24) is 10.2 Å². The van der Waals surface area contributed by atoms with Gasteiger partial charge in [-0.25, -0.2) is 0 Å². The number of benzene rings is 2. The number of nitrogens with two attached hydrogens (primary N) is 1. The zero-order valence-corrected chi connectivity index (χ0v) is 19.8. The number of hydrogen-bond donors (Lipinski definition) is 3. The molecule has 0 aliphatic carbocycles. The zero-order chi connectivity index (χ0) is 25.5. The van der Waals surface area contributed by atoms with Crippen LogP contribution in [-0.2, 0) is 4.79 Å². The van der Waals surface area contributed by atoms with E-state index in [1.807, 2.05) is 12.1 Å². The Kier molecular flexibility index (Phi) is 5.52. The summed E-state index contributed by atoms with van der Waals surface area (Å²) in [5, 5.41) is 5.88. The molecule has 2 aliphatic heterocycles. The smallest absolute Gasteiger partial charge is 0.256 e. The Morgan fingerprint density at radius 3 is 2.35 bits per heavy atom. The lowest BCUT2D eigenvalue weighted by Crippen LogP contribution is -2.55. The number of anilines is 2. The Balaban J connectivity index is 1.18. The van der Waals surface area contributed by atoms with Gasteiger partial charge in [0, 0.05) is 29.4 Å². The van der Waals surface area contributed by atoms with Gasteiger partial charge in [0.1, 0.15) is 17.6 Å². The molecule has 1 saturated heterocycles. The van der Waals surface area contributed by atoms with Gasteiger partial charge in [-0.1, -0.05) is 6.07 Å². The fraction of sp³-hybridized carbons (Fsp3) is 0.179. The molecule has 2 aliphatic rings. The van der Waals surface area contributed by atoms with Crippen molar-refractivity contribution < 1.29 is 23.2 Å². The first-order valence-corrected chi connectivity index (χ1v) is 12.0. The minimum absolute atomic E-state index is 0.228. The van der Waals surface area contributed by atoms with Gasteiger partial charge < -0.3 is 30.1 Å². The maximum Gasteiger partial charge on any atom is 0.256 e. The molecule has 4 aromatic rings. The molecule has 2 aromatic carbocycles.